The van der Waals surface area contributed by atoms with Gasteiger partial charge in [0.05, 0.1) is 24.4 Å². The second kappa shape index (κ2) is 10.4. The Bertz CT molecular complexity index is 1300. The van der Waals surface area contributed by atoms with Gasteiger partial charge in [0.1, 0.15) is 29.1 Å². The molecule has 1 fully saturated rings. The molecule has 4 aromatic rings. The Labute approximate surface area is 216 Å². The number of nitrogens with one attached hydrogen (secondary N) is 1. The molecule has 6 nitrogen and oxygen atoms in total. The molecule has 3 heterocycles. The van der Waals surface area contributed by atoms with E-state index in [1.807, 2.05) is 99.6 Å². The third-order valence-electron chi connectivity index (χ3n) is 5.95. The largest absolute Gasteiger partial charge is 0.494 e. The smallest absolute Gasteiger partial charge is 0.174 e. The number of anilines is 1. The fraction of sp³-hybridized carbons (Fsp3) is 0.241. The third-order valence-corrected chi connectivity index (χ3v) is 6.27. The molecule has 1 aliphatic heterocycles. The van der Waals surface area contributed by atoms with Gasteiger partial charge in [-0.1, -0.05) is 6.07 Å². The number of thiocarbonyl (C=S) groups is 1. The Morgan fingerprint density at radius 1 is 0.972 bits per heavy atom. The first kappa shape index (κ1) is 23.9. The lowest BCUT2D eigenvalue weighted by Crippen LogP contribution is -2.29. The minimum atomic E-state index is -0.222. The van der Waals surface area contributed by atoms with Crippen molar-refractivity contribution in [3.8, 4) is 22.8 Å². The molecule has 1 saturated heterocycles. The standard InChI is InChI=1S/C29H29N3O3S/c1-4-33-22-12-8-20(9-13-22)25-16-17-26(35-25)28-27(24-7-5-6-18-30-24)31-29(36)32(28)21-10-14-23(15-11-21)34-19(2)3/h5-19,27-28H,4H2,1-3H3,(H,31,36)/t27-,28+/m0/s1. The van der Waals surface area contributed by atoms with Gasteiger partial charge in [0.25, 0.3) is 0 Å². The van der Waals surface area contributed by atoms with E-state index in [0.717, 1.165) is 40.0 Å². The van der Waals surface area contributed by atoms with Crippen molar-refractivity contribution in [2.75, 3.05) is 11.5 Å². The van der Waals surface area contributed by atoms with Gasteiger partial charge < -0.3 is 24.1 Å². The zero-order valence-corrected chi connectivity index (χ0v) is 21.4. The first-order valence-electron chi connectivity index (χ1n) is 12.1. The quantitative estimate of drug-likeness (QED) is 0.271. The molecular weight excluding hydrogens is 470 g/mol. The highest BCUT2D eigenvalue weighted by Gasteiger charge is 2.42. The van der Waals surface area contributed by atoms with Crippen molar-refractivity contribution in [2.24, 2.45) is 0 Å². The molecule has 0 bridgehead atoms. The minimum Gasteiger partial charge on any atom is -0.494 e. The van der Waals surface area contributed by atoms with Crippen LogP contribution in [-0.4, -0.2) is 22.8 Å². The summed E-state index contributed by atoms with van der Waals surface area (Å²) in [7, 11) is 0. The number of benzene rings is 2. The van der Waals surface area contributed by atoms with Crippen molar-refractivity contribution < 1.29 is 13.9 Å². The van der Waals surface area contributed by atoms with E-state index >= 15 is 0 Å². The molecule has 2 aromatic carbocycles. The summed E-state index contributed by atoms with van der Waals surface area (Å²) in [6.45, 7) is 6.63. The Morgan fingerprint density at radius 3 is 2.39 bits per heavy atom. The Balaban J connectivity index is 1.51. The van der Waals surface area contributed by atoms with Crippen LogP contribution in [-0.2, 0) is 0 Å². The van der Waals surface area contributed by atoms with E-state index in [1.165, 1.54) is 0 Å². The summed E-state index contributed by atoms with van der Waals surface area (Å²) in [4.78, 5) is 6.71. The van der Waals surface area contributed by atoms with Crippen molar-refractivity contribution >= 4 is 23.0 Å². The van der Waals surface area contributed by atoms with E-state index in [0.29, 0.717) is 11.7 Å². The predicted molar refractivity (Wildman–Crippen MR) is 145 cm³/mol. The number of pyridine rings is 1. The number of aromatic nitrogens is 1. The van der Waals surface area contributed by atoms with Gasteiger partial charge in [-0.15, -0.1) is 0 Å². The fourth-order valence-corrected chi connectivity index (χ4v) is 4.77. The first-order valence-corrected chi connectivity index (χ1v) is 12.5. The molecule has 2 atom stereocenters. The van der Waals surface area contributed by atoms with Crippen LogP contribution in [0.4, 0.5) is 5.69 Å². The highest BCUT2D eigenvalue weighted by Crippen LogP contribution is 2.43. The van der Waals surface area contributed by atoms with Crippen LogP contribution in [0, 0.1) is 0 Å². The molecule has 0 unspecified atom stereocenters. The third kappa shape index (κ3) is 4.93. The number of nitrogens with zero attached hydrogens (tertiary/aromatic N) is 2. The molecule has 5 rings (SSSR count). The average molecular weight is 500 g/mol. The number of furan rings is 1. The van der Waals surface area contributed by atoms with Crippen LogP contribution in [0.25, 0.3) is 11.3 Å². The molecule has 0 aliphatic carbocycles. The van der Waals surface area contributed by atoms with Crippen LogP contribution >= 0.6 is 12.2 Å². The fourth-order valence-electron chi connectivity index (χ4n) is 4.43. The molecule has 36 heavy (non-hydrogen) atoms. The van der Waals surface area contributed by atoms with Gasteiger partial charge in [-0.05, 0) is 106 Å². The molecule has 1 N–H and O–H groups in total. The molecule has 1 aliphatic rings. The molecule has 2 aromatic heterocycles. The highest BCUT2D eigenvalue weighted by atomic mass is 32.1. The van der Waals surface area contributed by atoms with E-state index < -0.39 is 0 Å². The van der Waals surface area contributed by atoms with Gasteiger partial charge in [-0.2, -0.15) is 0 Å². The number of hydrogen-bond acceptors (Lipinski definition) is 5. The second-order valence-corrected chi connectivity index (χ2v) is 9.20. The maximum Gasteiger partial charge on any atom is 0.174 e. The number of ether oxygens (including phenoxy) is 2. The van der Waals surface area contributed by atoms with E-state index in [4.69, 9.17) is 26.1 Å². The molecule has 184 valence electrons. The van der Waals surface area contributed by atoms with Crippen LogP contribution < -0.4 is 19.7 Å². The van der Waals surface area contributed by atoms with Crippen molar-refractivity contribution in [3.05, 3.63) is 96.5 Å². The van der Waals surface area contributed by atoms with Gasteiger partial charge in [-0.25, -0.2) is 0 Å². The topological polar surface area (TPSA) is 59.8 Å². The van der Waals surface area contributed by atoms with Crippen LogP contribution in [0.1, 0.15) is 44.3 Å². The summed E-state index contributed by atoms with van der Waals surface area (Å²) in [5.41, 5.74) is 2.83. The van der Waals surface area contributed by atoms with Crippen molar-refractivity contribution in [1.82, 2.24) is 10.3 Å². The van der Waals surface area contributed by atoms with Crippen LogP contribution in [0.15, 0.2) is 89.5 Å². The van der Waals surface area contributed by atoms with Crippen LogP contribution in [0.2, 0.25) is 0 Å². The first-order chi connectivity index (χ1) is 17.5. The van der Waals surface area contributed by atoms with Crippen LogP contribution in [0.5, 0.6) is 11.5 Å². The maximum absolute atomic E-state index is 6.45. The van der Waals surface area contributed by atoms with Crippen LogP contribution in [0.3, 0.4) is 0 Å². The lowest BCUT2D eigenvalue weighted by molar-refractivity contribution is 0.242. The zero-order chi connectivity index (χ0) is 25.1. The van der Waals surface area contributed by atoms with Crippen molar-refractivity contribution in [2.45, 2.75) is 39.0 Å². The van der Waals surface area contributed by atoms with E-state index in [9.17, 15) is 0 Å². The highest BCUT2D eigenvalue weighted by molar-refractivity contribution is 7.80. The summed E-state index contributed by atoms with van der Waals surface area (Å²) >= 11 is 5.82. The molecule has 0 amide bonds. The molecule has 0 radical (unpaired) electrons. The van der Waals surface area contributed by atoms with Gasteiger partial charge in [0.2, 0.25) is 0 Å². The Kier molecular flexibility index (Phi) is 6.91. The lowest BCUT2D eigenvalue weighted by atomic mass is 10.0. The van der Waals surface area contributed by atoms with Gasteiger partial charge in [0.15, 0.2) is 5.11 Å². The lowest BCUT2D eigenvalue weighted by Gasteiger charge is -2.26. The van der Waals surface area contributed by atoms with Gasteiger partial charge in [0, 0.05) is 17.4 Å². The van der Waals surface area contributed by atoms with E-state index in [2.05, 4.69) is 15.2 Å². The minimum absolute atomic E-state index is 0.107. The summed E-state index contributed by atoms with van der Waals surface area (Å²) < 4.78 is 17.9. The van der Waals surface area contributed by atoms with Crippen molar-refractivity contribution in [3.63, 3.8) is 0 Å². The van der Waals surface area contributed by atoms with Crippen molar-refractivity contribution in [1.29, 1.82) is 0 Å². The van der Waals surface area contributed by atoms with Gasteiger partial charge >= 0.3 is 0 Å². The summed E-state index contributed by atoms with van der Waals surface area (Å²) in [5, 5.41) is 4.09. The molecule has 7 heteroatoms. The summed E-state index contributed by atoms with van der Waals surface area (Å²) in [5.74, 6) is 3.24. The predicted octanol–water partition coefficient (Wildman–Crippen LogP) is 6.70. The maximum atomic E-state index is 6.45. The SMILES string of the molecule is CCOc1ccc(-c2ccc([C@@H]3[C@H](c4ccccn4)NC(=S)N3c3ccc(OC(C)C)cc3)o2)cc1. The number of hydrogen-bond donors (Lipinski definition) is 1. The Morgan fingerprint density at radius 2 is 1.72 bits per heavy atom. The molecular formula is C29H29N3O3S. The number of rotatable bonds is 8. The molecule has 0 spiro atoms. The van der Waals surface area contributed by atoms with E-state index in [1.54, 1.807) is 6.20 Å². The van der Waals surface area contributed by atoms with Gasteiger partial charge in [-0.3, -0.25) is 4.98 Å². The summed E-state index contributed by atoms with van der Waals surface area (Å²) in [6, 6.07) is 25.4. The second-order valence-electron chi connectivity index (χ2n) is 8.82. The monoisotopic (exact) mass is 499 g/mol. The normalized spacial score (nSPS) is 17.3. The molecule has 0 saturated carbocycles. The Hall–Kier alpha value is -3.84. The average Bonchev–Trinajstić information content (AvgIpc) is 3.50. The van der Waals surface area contributed by atoms with E-state index in [-0.39, 0.29) is 18.2 Å². The zero-order valence-electron chi connectivity index (χ0n) is 20.5. The summed E-state index contributed by atoms with van der Waals surface area (Å²) in [6.07, 6.45) is 1.90.